The summed E-state index contributed by atoms with van der Waals surface area (Å²) < 4.78 is 19.4. The minimum absolute atomic E-state index is 0.953. The maximum atomic E-state index is 6.60. The molecule has 0 aliphatic carbocycles. The predicted octanol–water partition coefficient (Wildman–Crippen LogP) is 5.80. The Morgan fingerprint density at radius 1 is 0.600 bits per heavy atom. The van der Waals surface area contributed by atoms with Gasteiger partial charge in [-0.1, -0.05) is 0 Å². The van der Waals surface area contributed by atoms with Crippen LogP contribution in [-0.2, 0) is 1.41 Å². The second-order valence-corrected chi connectivity index (χ2v) is 29.1. The van der Waals surface area contributed by atoms with Crippen LogP contribution in [0.3, 0.4) is 0 Å². The van der Waals surface area contributed by atoms with Crippen molar-refractivity contribution >= 4 is 38.4 Å². The molecule has 0 saturated carbocycles. The quantitative estimate of drug-likeness (QED) is 0.422. The molecule has 0 fully saturated rings. The number of hydrogen-bond donors (Lipinski definition) is 0. The normalized spacial score (nSPS) is 12.2. The van der Waals surface area contributed by atoms with Crippen molar-refractivity contribution in [3.8, 4) is 11.5 Å². The second kappa shape index (κ2) is 8.09. The number of hydrogen-bond acceptors (Lipinski definition) is 3. The van der Waals surface area contributed by atoms with Gasteiger partial charge in [0.25, 0.3) is 0 Å². The van der Waals surface area contributed by atoms with E-state index in [1.807, 2.05) is 24.3 Å². The van der Waals surface area contributed by atoms with Crippen LogP contribution >= 0.6 is 0 Å². The van der Waals surface area contributed by atoms with Gasteiger partial charge in [-0.15, -0.1) is 0 Å². The van der Waals surface area contributed by atoms with E-state index < -0.39 is 38.4 Å². The first-order valence-electron chi connectivity index (χ1n) is 8.71. The number of rotatable bonds is 6. The third-order valence-corrected chi connectivity index (χ3v) is 30.0. The molecule has 0 aromatic heterocycles. The van der Waals surface area contributed by atoms with E-state index in [1.165, 1.54) is 22.3 Å². The summed E-state index contributed by atoms with van der Waals surface area (Å²) >= 11 is -6.35. The van der Waals surface area contributed by atoms with Crippen LogP contribution in [0.2, 0.25) is 19.8 Å². The fourth-order valence-electron chi connectivity index (χ4n) is 2.83. The van der Waals surface area contributed by atoms with E-state index in [0.29, 0.717) is 0 Å². The zero-order valence-corrected chi connectivity index (χ0v) is 22.4. The Labute approximate surface area is 162 Å². The second-order valence-electron chi connectivity index (χ2n) is 7.50. The van der Waals surface area contributed by atoms with Gasteiger partial charge in [-0.3, -0.25) is 0 Å². The Balaban J connectivity index is 2.14. The Hall–Kier alpha value is -0.403. The molecular formula is C20H30O3Sn2. The van der Waals surface area contributed by atoms with E-state index >= 15 is 0 Å². The molecule has 2 rings (SSSR count). The van der Waals surface area contributed by atoms with Crippen molar-refractivity contribution < 1.29 is 7.56 Å². The van der Waals surface area contributed by atoms with E-state index in [9.17, 15) is 0 Å². The third kappa shape index (κ3) is 5.79. The Bertz CT molecular complexity index is 691. The number of aryl methyl sites for hydroxylation is 2. The van der Waals surface area contributed by atoms with Crippen LogP contribution in [0.15, 0.2) is 36.4 Å². The molecule has 0 bridgehead atoms. The van der Waals surface area contributed by atoms with Crippen molar-refractivity contribution in [2.24, 2.45) is 0 Å². The monoisotopic (exact) mass is 558 g/mol. The molecule has 2 aromatic carbocycles. The summed E-state index contributed by atoms with van der Waals surface area (Å²) in [5, 5.41) is 0. The zero-order valence-electron chi connectivity index (χ0n) is 16.7. The van der Waals surface area contributed by atoms with Gasteiger partial charge in [-0.2, -0.15) is 0 Å². The first kappa shape index (κ1) is 20.9. The molecule has 0 aliphatic heterocycles. The van der Waals surface area contributed by atoms with E-state index in [2.05, 4.69) is 59.6 Å². The molecule has 5 heteroatoms. The molecule has 0 spiro atoms. The van der Waals surface area contributed by atoms with Crippen LogP contribution in [0, 0.1) is 27.7 Å². The molecule has 0 unspecified atom stereocenters. The van der Waals surface area contributed by atoms with Crippen molar-refractivity contribution in [1.29, 1.82) is 0 Å². The molecule has 2 aromatic rings. The number of benzene rings is 2. The molecule has 0 N–H and O–H groups in total. The Morgan fingerprint density at radius 2 is 0.960 bits per heavy atom. The predicted molar refractivity (Wildman–Crippen MR) is 109 cm³/mol. The molecule has 0 radical (unpaired) electrons. The van der Waals surface area contributed by atoms with Gasteiger partial charge in [0, 0.05) is 0 Å². The summed E-state index contributed by atoms with van der Waals surface area (Å²) in [6, 6.07) is 12.4. The summed E-state index contributed by atoms with van der Waals surface area (Å²) in [6.45, 7) is 8.43. The van der Waals surface area contributed by atoms with Crippen molar-refractivity contribution in [2.45, 2.75) is 47.5 Å². The van der Waals surface area contributed by atoms with E-state index in [1.54, 1.807) is 0 Å². The van der Waals surface area contributed by atoms with Crippen LogP contribution in [0.1, 0.15) is 22.3 Å². The SMILES string of the molecule is Cc1cccc([O][Sn]([CH3])([CH3])[O][Sn]([CH3])([CH3])[O]c2cccc(C)c2C)c1C. The summed E-state index contributed by atoms with van der Waals surface area (Å²) in [4.78, 5) is 8.67. The van der Waals surface area contributed by atoms with Gasteiger partial charge in [0.15, 0.2) is 0 Å². The average Bonchev–Trinajstić information content (AvgIpc) is 2.47. The fourth-order valence-corrected chi connectivity index (χ4v) is 35.0. The summed E-state index contributed by atoms with van der Waals surface area (Å²) in [7, 11) is 0. The molecular weight excluding hydrogens is 526 g/mol. The van der Waals surface area contributed by atoms with Gasteiger partial charge in [0.1, 0.15) is 0 Å². The van der Waals surface area contributed by atoms with Gasteiger partial charge in [-0.05, 0) is 0 Å². The third-order valence-electron chi connectivity index (χ3n) is 4.31. The van der Waals surface area contributed by atoms with Crippen molar-refractivity contribution in [3.63, 3.8) is 0 Å². The Kier molecular flexibility index (Phi) is 6.76. The van der Waals surface area contributed by atoms with Gasteiger partial charge in [0.2, 0.25) is 0 Å². The zero-order chi connectivity index (χ0) is 18.8. The summed E-state index contributed by atoms with van der Waals surface area (Å²) in [5.41, 5.74) is 4.88. The average molecular weight is 556 g/mol. The molecule has 0 saturated heterocycles. The minimum atomic E-state index is -3.17. The standard InChI is InChI=1S/2C8H10O.4CH3.O.2Sn/c2*1-6-4-3-5-8(9)7(6)2;;;;;;;/h2*3-5,9H,1-2H3;4*1H3;;;/q;;;;;;;2*+1/p-2. The Morgan fingerprint density at radius 3 is 1.32 bits per heavy atom. The van der Waals surface area contributed by atoms with Crippen LogP contribution in [0.25, 0.3) is 0 Å². The van der Waals surface area contributed by atoms with Gasteiger partial charge >= 0.3 is 164 Å². The van der Waals surface area contributed by atoms with Crippen LogP contribution in [0.5, 0.6) is 11.5 Å². The van der Waals surface area contributed by atoms with Crippen molar-refractivity contribution in [2.75, 3.05) is 0 Å². The van der Waals surface area contributed by atoms with E-state index in [-0.39, 0.29) is 0 Å². The first-order valence-corrected chi connectivity index (χ1v) is 24.8. The molecule has 0 amide bonds. The van der Waals surface area contributed by atoms with Crippen molar-refractivity contribution in [3.05, 3.63) is 58.7 Å². The van der Waals surface area contributed by atoms with Crippen LogP contribution < -0.4 is 6.15 Å². The van der Waals surface area contributed by atoms with Crippen LogP contribution in [-0.4, -0.2) is 38.4 Å². The molecule has 0 atom stereocenters. The topological polar surface area (TPSA) is 27.7 Å². The van der Waals surface area contributed by atoms with Crippen LogP contribution in [0.4, 0.5) is 0 Å². The fraction of sp³-hybridized carbons (Fsp3) is 0.400. The summed E-state index contributed by atoms with van der Waals surface area (Å²) in [6.07, 6.45) is 0. The van der Waals surface area contributed by atoms with Gasteiger partial charge < -0.3 is 0 Å². The molecule has 25 heavy (non-hydrogen) atoms. The summed E-state index contributed by atoms with van der Waals surface area (Å²) in [5.74, 6) is 1.91. The first-order chi connectivity index (χ1) is 11.5. The van der Waals surface area contributed by atoms with E-state index in [4.69, 9.17) is 7.56 Å². The molecule has 3 nitrogen and oxygen atoms in total. The van der Waals surface area contributed by atoms with E-state index in [0.717, 1.165) is 11.5 Å². The molecule has 0 heterocycles. The molecule has 136 valence electrons. The van der Waals surface area contributed by atoms with Gasteiger partial charge in [0.05, 0.1) is 0 Å². The van der Waals surface area contributed by atoms with Gasteiger partial charge in [-0.25, -0.2) is 0 Å². The maximum absolute atomic E-state index is 6.60. The van der Waals surface area contributed by atoms with Crippen molar-refractivity contribution in [1.82, 2.24) is 0 Å². The molecule has 0 aliphatic rings.